The summed E-state index contributed by atoms with van der Waals surface area (Å²) in [7, 11) is 0. The van der Waals surface area contributed by atoms with Crippen molar-refractivity contribution >= 4 is 5.69 Å². The van der Waals surface area contributed by atoms with Crippen LogP contribution in [0.25, 0.3) is 0 Å². The fourth-order valence-corrected chi connectivity index (χ4v) is 3.17. The first-order valence-corrected chi connectivity index (χ1v) is 8.93. The normalized spacial score (nSPS) is 19.2. The largest absolute Gasteiger partial charge is 0.489 e. The third-order valence-electron chi connectivity index (χ3n) is 4.57. The van der Waals surface area contributed by atoms with Gasteiger partial charge in [0.25, 0.3) is 0 Å². The summed E-state index contributed by atoms with van der Waals surface area (Å²) < 4.78 is 5.88. The van der Waals surface area contributed by atoms with Gasteiger partial charge in [-0.15, -0.1) is 0 Å². The molecule has 0 saturated heterocycles. The Labute approximate surface area is 150 Å². The second-order valence-electron chi connectivity index (χ2n) is 6.81. The molecule has 0 spiro atoms. The lowest BCUT2D eigenvalue weighted by Crippen LogP contribution is -2.25. The van der Waals surface area contributed by atoms with Crippen LogP contribution >= 0.6 is 0 Å². The van der Waals surface area contributed by atoms with Gasteiger partial charge in [-0.25, -0.2) is 0 Å². The molecular weight excluding hydrogens is 308 g/mol. The van der Waals surface area contributed by atoms with Gasteiger partial charge in [0.2, 0.25) is 0 Å². The molecule has 3 rings (SSSR count). The van der Waals surface area contributed by atoms with Gasteiger partial charge in [0, 0.05) is 42.2 Å². The van der Waals surface area contributed by atoms with E-state index < -0.39 is 0 Å². The van der Waals surface area contributed by atoms with Crippen molar-refractivity contribution in [3.8, 4) is 5.75 Å². The molecule has 0 fully saturated rings. The van der Waals surface area contributed by atoms with Gasteiger partial charge in [0.05, 0.1) is 0 Å². The zero-order valence-electron chi connectivity index (χ0n) is 14.9. The van der Waals surface area contributed by atoms with Crippen molar-refractivity contribution in [2.24, 2.45) is 17.8 Å². The Hall–Kier alpha value is -2.55. The monoisotopic (exact) mass is 334 g/mol. The van der Waals surface area contributed by atoms with Crippen LogP contribution in [0.1, 0.15) is 19.4 Å². The topological polar surface area (TPSA) is 34.1 Å². The number of nitrogens with one attached hydrogen (secondary N) is 1. The molecule has 1 heterocycles. The third kappa shape index (κ3) is 4.96. The molecule has 0 aliphatic heterocycles. The minimum atomic E-state index is 0.518. The summed E-state index contributed by atoms with van der Waals surface area (Å²) >= 11 is 0. The Bertz CT molecular complexity index is 722. The first-order chi connectivity index (χ1) is 12.2. The van der Waals surface area contributed by atoms with Crippen molar-refractivity contribution in [3.63, 3.8) is 0 Å². The molecule has 1 aliphatic carbocycles. The van der Waals surface area contributed by atoms with Crippen molar-refractivity contribution in [1.82, 2.24) is 4.98 Å². The number of pyridine rings is 1. The Morgan fingerprint density at radius 3 is 2.80 bits per heavy atom. The molecule has 0 amide bonds. The second-order valence-corrected chi connectivity index (χ2v) is 6.81. The Kier molecular flexibility index (Phi) is 5.89. The molecule has 0 bridgehead atoms. The second kappa shape index (κ2) is 8.52. The smallest absolute Gasteiger partial charge is 0.121 e. The number of ether oxygens (including phenoxy) is 1. The number of aromatic nitrogens is 1. The number of rotatable bonds is 7. The van der Waals surface area contributed by atoms with Crippen molar-refractivity contribution in [3.05, 3.63) is 78.7 Å². The molecule has 2 unspecified atom stereocenters. The predicted molar refractivity (Wildman–Crippen MR) is 104 cm³/mol. The molecule has 25 heavy (non-hydrogen) atoms. The predicted octanol–water partition coefficient (Wildman–Crippen LogP) is 5.09. The fraction of sp³-hybridized carbons (Fsp3) is 0.318. The van der Waals surface area contributed by atoms with Gasteiger partial charge < -0.3 is 10.1 Å². The summed E-state index contributed by atoms with van der Waals surface area (Å²) in [5, 5.41) is 3.56. The van der Waals surface area contributed by atoms with E-state index in [4.69, 9.17) is 4.74 Å². The van der Waals surface area contributed by atoms with E-state index in [1.165, 1.54) is 0 Å². The fourth-order valence-electron chi connectivity index (χ4n) is 3.17. The van der Waals surface area contributed by atoms with Crippen molar-refractivity contribution in [2.45, 2.75) is 20.5 Å². The molecular formula is C22H26N2O. The molecule has 2 aromatic rings. The van der Waals surface area contributed by atoms with Gasteiger partial charge in [-0.3, -0.25) is 4.98 Å². The van der Waals surface area contributed by atoms with Gasteiger partial charge in [-0.1, -0.05) is 50.3 Å². The quantitative estimate of drug-likeness (QED) is 0.766. The Morgan fingerprint density at radius 1 is 1.12 bits per heavy atom. The van der Waals surface area contributed by atoms with Gasteiger partial charge in [-0.05, 0) is 30.0 Å². The highest BCUT2D eigenvalue weighted by Crippen LogP contribution is 2.27. The first kappa shape index (κ1) is 17.3. The lowest BCUT2D eigenvalue weighted by Gasteiger charge is -2.28. The molecule has 0 saturated carbocycles. The maximum absolute atomic E-state index is 5.88. The summed E-state index contributed by atoms with van der Waals surface area (Å²) in [5.74, 6) is 2.61. The number of allylic oxidation sites excluding steroid dienone is 3. The average Bonchev–Trinajstić information content (AvgIpc) is 2.66. The summed E-state index contributed by atoms with van der Waals surface area (Å²) in [6, 6.07) is 12.1. The highest BCUT2D eigenvalue weighted by atomic mass is 16.5. The minimum absolute atomic E-state index is 0.518. The summed E-state index contributed by atoms with van der Waals surface area (Å²) in [6.45, 7) is 6.03. The number of hydrogen-bond donors (Lipinski definition) is 1. The molecule has 130 valence electrons. The number of benzene rings is 1. The molecule has 1 aliphatic rings. The van der Waals surface area contributed by atoms with Crippen molar-refractivity contribution < 1.29 is 4.74 Å². The van der Waals surface area contributed by atoms with E-state index in [-0.39, 0.29) is 0 Å². The standard InChI is InChI=1S/C22H26N2O/c1-17(2)22-11-4-3-8-19(22)15-24-20-9-5-10-21(13-20)25-16-18-7-6-12-23-14-18/h3-14,17,19,22,24H,15-16H2,1-2H3. The van der Waals surface area contributed by atoms with E-state index in [9.17, 15) is 0 Å². The summed E-state index contributed by atoms with van der Waals surface area (Å²) in [6.07, 6.45) is 12.5. The lowest BCUT2D eigenvalue weighted by molar-refractivity contribution is 0.306. The third-order valence-corrected chi connectivity index (χ3v) is 4.57. The van der Waals surface area contributed by atoms with E-state index in [0.29, 0.717) is 24.4 Å². The zero-order valence-corrected chi connectivity index (χ0v) is 14.9. The molecule has 3 heteroatoms. The van der Waals surface area contributed by atoms with Crippen LogP contribution in [0.5, 0.6) is 5.75 Å². The van der Waals surface area contributed by atoms with Crippen LogP contribution in [0, 0.1) is 17.8 Å². The zero-order chi connectivity index (χ0) is 17.5. The summed E-state index contributed by atoms with van der Waals surface area (Å²) in [4.78, 5) is 4.11. The van der Waals surface area contributed by atoms with E-state index >= 15 is 0 Å². The number of anilines is 1. The highest BCUT2D eigenvalue weighted by Gasteiger charge is 2.21. The van der Waals surface area contributed by atoms with Crippen molar-refractivity contribution in [2.75, 3.05) is 11.9 Å². The Morgan fingerprint density at radius 2 is 2.00 bits per heavy atom. The molecule has 1 aromatic carbocycles. The summed E-state index contributed by atoms with van der Waals surface area (Å²) in [5.41, 5.74) is 2.16. The van der Waals surface area contributed by atoms with E-state index in [1.54, 1.807) is 6.20 Å². The molecule has 0 radical (unpaired) electrons. The SMILES string of the molecule is CC(C)C1C=CC=CC1CNc1cccc(OCc2cccnc2)c1. The van der Waals surface area contributed by atoms with Gasteiger partial charge >= 0.3 is 0 Å². The molecule has 1 N–H and O–H groups in total. The lowest BCUT2D eigenvalue weighted by atomic mass is 9.80. The van der Waals surface area contributed by atoms with Crippen LogP contribution in [0.15, 0.2) is 73.1 Å². The maximum Gasteiger partial charge on any atom is 0.121 e. The van der Waals surface area contributed by atoms with Gasteiger partial charge in [0.1, 0.15) is 12.4 Å². The van der Waals surface area contributed by atoms with Crippen LogP contribution in [0.3, 0.4) is 0 Å². The first-order valence-electron chi connectivity index (χ1n) is 8.93. The van der Waals surface area contributed by atoms with Gasteiger partial charge in [-0.2, -0.15) is 0 Å². The van der Waals surface area contributed by atoms with Crippen molar-refractivity contribution in [1.29, 1.82) is 0 Å². The van der Waals surface area contributed by atoms with Crippen LogP contribution in [-0.2, 0) is 6.61 Å². The average molecular weight is 334 g/mol. The van der Waals surface area contributed by atoms with Crippen LogP contribution in [-0.4, -0.2) is 11.5 Å². The molecule has 1 aromatic heterocycles. The van der Waals surface area contributed by atoms with E-state index in [2.05, 4.69) is 60.6 Å². The van der Waals surface area contributed by atoms with Crippen LogP contribution < -0.4 is 10.1 Å². The van der Waals surface area contributed by atoms with Crippen LogP contribution in [0.4, 0.5) is 5.69 Å². The minimum Gasteiger partial charge on any atom is -0.489 e. The Balaban J connectivity index is 1.56. The van der Waals surface area contributed by atoms with Gasteiger partial charge in [0.15, 0.2) is 0 Å². The maximum atomic E-state index is 5.88. The highest BCUT2D eigenvalue weighted by molar-refractivity contribution is 5.48. The van der Waals surface area contributed by atoms with E-state index in [1.807, 2.05) is 30.5 Å². The van der Waals surface area contributed by atoms with Crippen LogP contribution in [0.2, 0.25) is 0 Å². The number of nitrogens with zero attached hydrogens (tertiary/aromatic N) is 1. The molecule has 3 nitrogen and oxygen atoms in total. The van der Waals surface area contributed by atoms with E-state index in [0.717, 1.165) is 23.5 Å². The number of hydrogen-bond acceptors (Lipinski definition) is 3. The molecule has 2 atom stereocenters.